The predicted molar refractivity (Wildman–Crippen MR) is 100 cm³/mol. The molecule has 0 saturated carbocycles. The van der Waals surface area contributed by atoms with Crippen LogP contribution in [0.3, 0.4) is 0 Å². The third-order valence-electron chi connectivity index (χ3n) is 4.88. The van der Waals surface area contributed by atoms with Crippen LogP contribution in [0.1, 0.15) is 18.4 Å². The minimum Gasteiger partial charge on any atom is -0.325 e. The van der Waals surface area contributed by atoms with Crippen LogP contribution in [0.4, 0.5) is 10.1 Å². The van der Waals surface area contributed by atoms with E-state index >= 15 is 0 Å². The second kappa shape index (κ2) is 7.22. The number of hydrogen-bond donors (Lipinski definition) is 1. The number of aromatic nitrogens is 1. The van der Waals surface area contributed by atoms with E-state index in [-0.39, 0.29) is 17.8 Å². The summed E-state index contributed by atoms with van der Waals surface area (Å²) in [5.74, 6) is -0.260. The van der Waals surface area contributed by atoms with Crippen molar-refractivity contribution in [3.8, 4) is 0 Å². The molecule has 2 aromatic carbocycles. The SMILES string of the molecule is O=C(Nc1ccccc1)C1CCCN1Cc1ccc(F)c2cccnc12. The van der Waals surface area contributed by atoms with Crippen molar-refractivity contribution in [1.82, 2.24) is 9.88 Å². The molecule has 5 heteroatoms. The number of halogens is 1. The van der Waals surface area contributed by atoms with Gasteiger partial charge in [-0.25, -0.2) is 4.39 Å². The molecule has 1 saturated heterocycles. The van der Waals surface area contributed by atoms with Gasteiger partial charge in [-0.15, -0.1) is 0 Å². The zero-order valence-electron chi connectivity index (χ0n) is 14.4. The average Bonchev–Trinajstić information content (AvgIpc) is 3.13. The van der Waals surface area contributed by atoms with Crippen LogP contribution < -0.4 is 5.32 Å². The quantitative estimate of drug-likeness (QED) is 0.775. The summed E-state index contributed by atoms with van der Waals surface area (Å²) < 4.78 is 14.0. The smallest absolute Gasteiger partial charge is 0.241 e. The number of hydrogen-bond acceptors (Lipinski definition) is 3. The molecular weight excluding hydrogens is 329 g/mol. The van der Waals surface area contributed by atoms with Crippen LogP contribution in [0.2, 0.25) is 0 Å². The zero-order chi connectivity index (χ0) is 17.9. The Balaban J connectivity index is 1.54. The van der Waals surface area contributed by atoms with Gasteiger partial charge in [-0.05, 0) is 55.3 Å². The van der Waals surface area contributed by atoms with Crippen molar-refractivity contribution < 1.29 is 9.18 Å². The van der Waals surface area contributed by atoms with Crippen LogP contribution in [0.5, 0.6) is 0 Å². The summed E-state index contributed by atoms with van der Waals surface area (Å²) in [4.78, 5) is 19.2. The van der Waals surface area contributed by atoms with Crippen molar-refractivity contribution in [3.05, 3.63) is 72.2 Å². The third kappa shape index (κ3) is 3.30. The summed E-state index contributed by atoms with van der Waals surface area (Å²) in [6.45, 7) is 1.43. The van der Waals surface area contributed by atoms with Crippen molar-refractivity contribution >= 4 is 22.5 Å². The van der Waals surface area contributed by atoms with Gasteiger partial charge >= 0.3 is 0 Å². The van der Waals surface area contributed by atoms with Crippen molar-refractivity contribution in [2.24, 2.45) is 0 Å². The number of fused-ring (bicyclic) bond motifs is 1. The maximum Gasteiger partial charge on any atom is 0.241 e. The first kappa shape index (κ1) is 16.7. The molecule has 2 heterocycles. The van der Waals surface area contributed by atoms with E-state index in [1.165, 1.54) is 6.07 Å². The Morgan fingerprint density at radius 1 is 1.15 bits per heavy atom. The van der Waals surface area contributed by atoms with Gasteiger partial charge in [0.25, 0.3) is 0 Å². The number of pyridine rings is 1. The lowest BCUT2D eigenvalue weighted by Gasteiger charge is -2.24. The number of rotatable bonds is 4. The van der Waals surface area contributed by atoms with E-state index in [0.717, 1.165) is 30.6 Å². The number of anilines is 1. The molecule has 0 aliphatic carbocycles. The van der Waals surface area contributed by atoms with E-state index in [1.54, 1.807) is 24.4 Å². The minimum absolute atomic E-state index is 0.00748. The zero-order valence-corrected chi connectivity index (χ0v) is 14.4. The van der Waals surface area contributed by atoms with Gasteiger partial charge in [-0.1, -0.05) is 24.3 Å². The van der Waals surface area contributed by atoms with Gasteiger partial charge in [0.1, 0.15) is 5.82 Å². The molecule has 0 spiro atoms. The Kier molecular flexibility index (Phi) is 4.63. The monoisotopic (exact) mass is 349 g/mol. The minimum atomic E-state index is -0.267. The van der Waals surface area contributed by atoms with E-state index in [2.05, 4.69) is 15.2 Å². The third-order valence-corrected chi connectivity index (χ3v) is 4.88. The summed E-state index contributed by atoms with van der Waals surface area (Å²) in [6.07, 6.45) is 3.47. The van der Waals surface area contributed by atoms with Crippen molar-refractivity contribution in [2.45, 2.75) is 25.4 Å². The molecule has 1 unspecified atom stereocenters. The van der Waals surface area contributed by atoms with Crippen LogP contribution in [0, 0.1) is 5.82 Å². The number of para-hydroxylation sites is 1. The van der Waals surface area contributed by atoms with Crippen molar-refractivity contribution in [3.63, 3.8) is 0 Å². The second-order valence-corrected chi connectivity index (χ2v) is 6.59. The number of nitrogens with one attached hydrogen (secondary N) is 1. The molecule has 1 amide bonds. The van der Waals surface area contributed by atoms with Gasteiger partial charge in [-0.2, -0.15) is 0 Å². The average molecular weight is 349 g/mol. The first-order chi connectivity index (χ1) is 12.7. The van der Waals surface area contributed by atoms with Gasteiger partial charge in [0.2, 0.25) is 5.91 Å². The maximum atomic E-state index is 14.0. The molecule has 4 nitrogen and oxygen atoms in total. The van der Waals surface area contributed by atoms with Crippen molar-refractivity contribution in [1.29, 1.82) is 0 Å². The maximum absolute atomic E-state index is 14.0. The van der Waals surface area contributed by atoms with E-state index in [1.807, 2.05) is 30.3 Å². The number of benzene rings is 2. The Morgan fingerprint density at radius 3 is 2.85 bits per heavy atom. The van der Waals surface area contributed by atoms with Crippen LogP contribution in [0.25, 0.3) is 10.9 Å². The molecule has 1 N–H and O–H groups in total. The highest BCUT2D eigenvalue weighted by Crippen LogP contribution is 2.25. The van der Waals surface area contributed by atoms with Crippen LogP contribution in [0.15, 0.2) is 60.8 Å². The largest absolute Gasteiger partial charge is 0.325 e. The first-order valence-electron chi connectivity index (χ1n) is 8.84. The molecule has 0 bridgehead atoms. The fraction of sp³-hybridized carbons (Fsp3) is 0.238. The van der Waals surface area contributed by atoms with Crippen LogP contribution in [-0.4, -0.2) is 28.4 Å². The summed E-state index contributed by atoms with van der Waals surface area (Å²) in [5.41, 5.74) is 2.42. The number of amides is 1. The summed E-state index contributed by atoms with van der Waals surface area (Å²) in [5, 5.41) is 3.51. The number of carbonyl (C=O) groups is 1. The second-order valence-electron chi connectivity index (χ2n) is 6.59. The van der Waals surface area contributed by atoms with E-state index in [4.69, 9.17) is 0 Å². The molecule has 1 aromatic heterocycles. The highest BCUT2D eigenvalue weighted by molar-refractivity contribution is 5.95. The molecular formula is C21H20FN3O. The highest BCUT2D eigenvalue weighted by atomic mass is 19.1. The summed E-state index contributed by atoms with van der Waals surface area (Å²) in [6, 6.07) is 16.0. The normalized spacial score (nSPS) is 17.5. The molecule has 3 aromatic rings. The molecule has 4 rings (SSSR count). The fourth-order valence-corrected chi connectivity index (χ4v) is 3.60. The number of nitrogens with zero attached hydrogens (tertiary/aromatic N) is 2. The standard InChI is InChI=1S/C21H20FN3O/c22-18-11-10-15(20-17(18)8-4-12-23-20)14-25-13-5-9-19(25)21(26)24-16-6-2-1-3-7-16/h1-4,6-8,10-12,19H,5,9,13-14H2,(H,24,26). The fourth-order valence-electron chi connectivity index (χ4n) is 3.60. The van der Waals surface area contributed by atoms with Crippen LogP contribution >= 0.6 is 0 Å². The molecule has 1 fully saturated rings. The molecule has 1 aliphatic rings. The van der Waals surface area contributed by atoms with E-state index in [9.17, 15) is 9.18 Å². The molecule has 132 valence electrons. The lowest BCUT2D eigenvalue weighted by atomic mass is 10.1. The highest BCUT2D eigenvalue weighted by Gasteiger charge is 2.31. The Morgan fingerprint density at radius 2 is 2.00 bits per heavy atom. The van der Waals surface area contributed by atoms with Gasteiger partial charge in [0, 0.05) is 23.8 Å². The first-order valence-corrected chi connectivity index (χ1v) is 8.84. The lowest BCUT2D eigenvalue weighted by Crippen LogP contribution is -2.39. The molecule has 0 radical (unpaired) electrons. The molecule has 1 aliphatic heterocycles. The van der Waals surface area contributed by atoms with Crippen molar-refractivity contribution in [2.75, 3.05) is 11.9 Å². The Hall–Kier alpha value is -2.79. The lowest BCUT2D eigenvalue weighted by molar-refractivity contribution is -0.120. The van der Waals surface area contributed by atoms with Gasteiger partial charge in [-0.3, -0.25) is 14.7 Å². The summed E-state index contributed by atoms with van der Waals surface area (Å²) in [7, 11) is 0. The van der Waals surface area contributed by atoms with E-state index in [0.29, 0.717) is 17.4 Å². The van der Waals surface area contributed by atoms with Gasteiger partial charge in [0.15, 0.2) is 0 Å². The Bertz CT molecular complexity index is 929. The van der Waals surface area contributed by atoms with Gasteiger partial charge < -0.3 is 5.32 Å². The predicted octanol–water partition coefficient (Wildman–Crippen LogP) is 3.98. The number of likely N-dealkylation sites (tertiary alicyclic amines) is 1. The van der Waals surface area contributed by atoms with Crippen LogP contribution in [-0.2, 0) is 11.3 Å². The summed E-state index contributed by atoms with van der Waals surface area (Å²) >= 11 is 0. The topological polar surface area (TPSA) is 45.2 Å². The molecule has 1 atom stereocenters. The van der Waals surface area contributed by atoms with E-state index < -0.39 is 0 Å². The molecule has 26 heavy (non-hydrogen) atoms. The van der Waals surface area contributed by atoms with Gasteiger partial charge in [0.05, 0.1) is 11.6 Å². The Labute approximate surface area is 151 Å². The number of carbonyl (C=O) groups excluding carboxylic acids is 1.